The van der Waals surface area contributed by atoms with Gasteiger partial charge in [-0.3, -0.25) is 9.80 Å². The minimum absolute atomic E-state index is 0.264. The highest BCUT2D eigenvalue weighted by Gasteiger charge is 2.24. The second kappa shape index (κ2) is 10.6. The quantitative estimate of drug-likeness (QED) is 0.685. The van der Waals surface area contributed by atoms with Crippen LogP contribution in [0, 0.1) is 0 Å². The lowest BCUT2D eigenvalue weighted by Crippen LogP contribution is -2.47. The van der Waals surface area contributed by atoms with Gasteiger partial charge in [0, 0.05) is 38.3 Å². The molecule has 0 bridgehead atoms. The van der Waals surface area contributed by atoms with Gasteiger partial charge in [0.2, 0.25) is 0 Å². The summed E-state index contributed by atoms with van der Waals surface area (Å²) in [5, 5.41) is 18.8. The third-order valence-electron chi connectivity index (χ3n) is 5.63. The second-order valence-corrected chi connectivity index (χ2v) is 7.10. The molecule has 2 fully saturated rings. The molecule has 0 amide bonds. The van der Waals surface area contributed by atoms with E-state index < -0.39 is 0 Å². The summed E-state index contributed by atoms with van der Waals surface area (Å²) in [6, 6.07) is 1.34. The first kappa shape index (κ1) is 18.2. The summed E-state index contributed by atoms with van der Waals surface area (Å²) in [6.45, 7) is 4.23. The molecule has 0 aromatic carbocycles. The molecule has 0 aromatic rings. The summed E-state index contributed by atoms with van der Waals surface area (Å²) in [5.41, 5.74) is 0. The zero-order chi connectivity index (χ0) is 15.6. The van der Waals surface area contributed by atoms with Gasteiger partial charge in [0.15, 0.2) is 0 Å². The van der Waals surface area contributed by atoms with Crippen LogP contribution in [0.15, 0.2) is 0 Å². The maximum absolute atomic E-state index is 9.39. The molecular weight excluding hydrogens is 276 g/mol. The highest BCUT2D eigenvalue weighted by atomic mass is 16.3. The second-order valence-electron chi connectivity index (χ2n) is 7.10. The van der Waals surface area contributed by atoms with Crippen LogP contribution in [0.25, 0.3) is 0 Å². The first-order valence-electron chi connectivity index (χ1n) is 9.55. The molecule has 4 nitrogen and oxygen atoms in total. The van der Waals surface area contributed by atoms with Crippen molar-refractivity contribution in [1.82, 2.24) is 9.80 Å². The van der Waals surface area contributed by atoms with E-state index in [9.17, 15) is 10.2 Å². The maximum atomic E-state index is 9.39. The Morgan fingerprint density at radius 1 is 0.545 bits per heavy atom. The Labute approximate surface area is 136 Å². The van der Waals surface area contributed by atoms with Crippen molar-refractivity contribution in [3.05, 3.63) is 0 Å². The molecular formula is C18H36N2O2. The van der Waals surface area contributed by atoms with Gasteiger partial charge < -0.3 is 10.2 Å². The van der Waals surface area contributed by atoms with Gasteiger partial charge >= 0.3 is 0 Å². The fourth-order valence-corrected chi connectivity index (χ4v) is 4.36. The molecule has 0 aromatic heterocycles. The fourth-order valence-electron chi connectivity index (χ4n) is 4.36. The molecule has 2 aliphatic carbocycles. The highest BCUT2D eigenvalue weighted by molar-refractivity contribution is 4.80. The Hall–Kier alpha value is -0.160. The minimum Gasteiger partial charge on any atom is -0.395 e. The number of hydrogen-bond donors (Lipinski definition) is 2. The molecule has 0 heterocycles. The van der Waals surface area contributed by atoms with Crippen LogP contribution in [0.5, 0.6) is 0 Å². The molecule has 0 spiro atoms. The topological polar surface area (TPSA) is 46.9 Å². The van der Waals surface area contributed by atoms with Crippen LogP contribution < -0.4 is 0 Å². The summed E-state index contributed by atoms with van der Waals surface area (Å²) in [6.07, 6.45) is 13.3. The lowest BCUT2D eigenvalue weighted by Gasteiger charge is -2.38. The molecule has 0 unspecified atom stereocenters. The van der Waals surface area contributed by atoms with Crippen molar-refractivity contribution in [3.8, 4) is 0 Å². The fraction of sp³-hybridized carbons (Fsp3) is 1.00. The lowest BCUT2D eigenvalue weighted by molar-refractivity contribution is 0.0778. The molecule has 2 rings (SSSR count). The molecule has 2 N–H and O–H groups in total. The summed E-state index contributed by atoms with van der Waals surface area (Å²) < 4.78 is 0. The van der Waals surface area contributed by atoms with Gasteiger partial charge in [-0.2, -0.15) is 0 Å². The van der Waals surface area contributed by atoms with Crippen molar-refractivity contribution in [2.45, 2.75) is 76.3 Å². The van der Waals surface area contributed by atoms with Crippen LogP contribution in [0.3, 0.4) is 0 Å². The van der Waals surface area contributed by atoms with Gasteiger partial charge in [-0.1, -0.05) is 38.5 Å². The summed E-state index contributed by atoms with van der Waals surface area (Å²) in [7, 11) is 0. The van der Waals surface area contributed by atoms with Gasteiger partial charge in [0.1, 0.15) is 0 Å². The number of nitrogens with zero attached hydrogens (tertiary/aromatic N) is 2. The van der Waals surface area contributed by atoms with Crippen molar-refractivity contribution in [2.75, 3.05) is 39.4 Å². The van der Waals surface area contributed by atoms with E-state index in [0.717, 1.165) is 26.2 Å². The largest absolute Gasteiger partial charge is 0.395 e. The molecule has 2 aliphatic rings. The van der Waals surface area contributed by atoms with Crippen LogP contribution in [0.2, 0.25) is 0 Å². The van der Waals surface area contributed by atoms with E-state index in [2.05, 4.69) is 9.80 Å². The summed E-state index contributed by atoms with van der Waals surface area (Å²) in [5.74, 6) is 0. The summed E-state index contributed by atoms with van der Waals surface area (Å²) >= 11 is 0. The first-order chi connectivity index (χ1) is 10.8. The van der Waals surface area contributed by atoms with Gasteiger partial charge in [-0.25, -0.2) is 0 Å². The zero-order valence-corrected chi connectivity index (χ0v) is 14.3. The Morgan fingerprint density at radius 3 is 1.23 bits per heavy atom. The van der Waals surface area contributed by atoms with E-state index in [1.165, 1.54) is 64.2 Å². The van der Waals surface area contributed by atoms with Crippen molar-refractivity contribution in [2.24, 2.45) is 0 Å². The molecule has 4 heteroatoms. The lowest BCUT2D eigenvalue weighted by atomic mass is 9.93. The number of hydrogen-bond acceptors (Lipinski definition) is 4. The number of rotatable bonds is 9. The van der Waals surface area contributed by atoms with Crippen molar-refractivity contribution >= 4 is 0 Å². The van der Waals surface area contributed by atoms with Gasteiger partial charge in [0.05, 0.1) is 13.2 Å². The molecule has 22 heavy (non-hydrogen) atoms. The molecule has 0 saturated heterocycles. The highest BCUT2D eigenvalue weighted by Crippen LogP contribution is 2.24. The standard InChI is InChI=1S/C18H36N2O2/c21-15-13-19(17-7-3-1-4-8-17)11-12-20(14-16-22)18-9-5-2-6-10-18/h17-18,21-22H,1-16H2. The SMILES string of the molecule is OCCN(CCN(CCO)C1CCCCC1)C1CCCCC1. The van der Waals surface area contributed by atoms with E-state index in [1.807, 2.05) is 0 Å². The van der Waals surface area contributed by atoms with E-state index in [-0.39, 0.29) is 13.2 Å². The van der Waals surface area contributed by atoms with Gasteiger partial charge in [-0.05, 0) is 25.7 Å². The van der Waals surface area contributed by atoms with Crippen LogP contribution in [0.1, 0.15) is 64.2 Å². The van der Waals surface area contributed by atoms with Gasteiger partial charge in [-0.15, -0.1) is 0 Å². The Balaban J connectivity index is 1.83. The first-order valence-corrected chi connectivity index (χ1v) is 9.55. The van der Waals surface area contributed by atoms with E-state index >= 15 is 0 Å². The van der Waals surface area contributed by atoms with Crippen molar-refractivity contribution in [3.63, 3.8) is 0 Å². The number of aliphatic hydroxyl groups excluding tert-OH is 2. The minimum atomic E-state index is 0.264. The predicted octanol–water partition coefficient (Wildman–Crippen LogP) is 2.24. The van der Waals surface area contributed by atoms with Crippen molar-refractivity contribution in [1.29, 1.82) is 0 Å². The molecule has 0 atom stereocenters. The average Bonchev–Trinajstić information content (AvgIpc) is 2.59. The molecule has 2 saturated carbocycles. The van der Waals surface area contributed by atoms with Crippen LogP contribution in [-0.2, 0) is 0 Å². The molecule has 130 valence electrons. The average molecular weight is 312 g/mol. The third kappa shape index (κ3) is 5.80. The van der Waals surface area contributed by atoms with Crippen LogP contribution in [0.4, 0.5) is 0 Å². The van der Waals surface area contributed by atoms with E-state index in [0.29, 0.717) is 12.1 Å². The normalized spacial score (nSPS) is 21.8. The Bertz CT molecular complexity index is 248. The Kier molecular flexibility index (Phi) is 8.75. The number of aliphatic hydroxyl groups is 2. The Morgan fingerprint density at radius 2 is 0.909 bits per heavy atom. The molecule has 0 radical (unpaired) electrons. The van der Waals surface area contributed by atoms with Gasteiger partial charge in [0.25, 0.3) is 0 Å². The maximum Gasteiger partial charge on any atom is 0.0558 e. The zero-order valence-electron chi connectivity index (χ0n) is 14.3. The van der Waals surface area contributed by atoms with Crippen molar-refractivity contribution < 1.29 is 10.2 Å². The molecule has 0 aliphatic heterocycles. The smallest absolute Gasteiger partial charge is 0.0558 e. The summed E-state index contributed by atoms with van der Waals surface area (Å²) in [4.78, 5) is 5.01. The monoisotopic (exact) mass is 312 g/mol. The van der Waals surface area contributed by atoms with Crippen LogP contribution >= 0.6 is 0 Å². The predicted molar refractivity (Wildman–Crippen MR) is 91.1 cm³/mol. The third-order valence-corrected chi connectivity index (χ3v) is 5.63. The van der Waals surface area contributed by atoms with E-state index in [4.69, 9.17) is 0 Å². The van der Waals surface area contributed by atoms with E-state index in [1.54, 1.807) is 0 Å². The van der Waals surface area contributed by atoms with Crippen LogP contribution in [-0.4, -0.2) is 71.5 Å².